The molecule has 5 nitrogen and oxygen atoms in total. The van der Waals surface area contributed by atoms with E-state index in [1.807, 2.05) is 30.3 Å². The van der Waals surface area contributed by atoms with Crippen molar-refractivity contribution < 1.29 is 22.5 Å². The predicted molar refractivity (Wildman–Crippen MR) is 68.2 cm³/mol. The lowest BCUT2D eigenvalue weighted by atomic mass is 10.2. The standard InChI is InChI=1S/C13H12F3N3O2/c14-13(15,16)8-18-12(20)17-7-10-6-11(21-19-10)9-4-2-1-3-5-9/h1-6H,7-8H2,(H2,17,18,20). The fraction of sp³-hybridized carbons (Fsp3) is 0.231. The average molecular weight is 299 g/mol. The molecule has 0 bridgehead atoms. The Morgan fingerprint density at radius 2 is 1.90 bits per heavy atom. The minimum atomic E-state index is -4.44. The molecule has 0 spiro atoms. The third kappa shape index (κ3) is 4.83. The Labute approximate surface area is 118 Å². The number of benzene rings is 1. The van der Waals surface area contributed by atoms with E-state index in [0.717, 1.165) is 5.56 Å². The first-order chi connectivity index (χ1) is 9.94. The van der Waals surface area contributed by atoms with Crippen LogP contribution in [0.25, 0.3) is 11.3 Å². The van der Waals surface area contributed by atoms with E-state index in [2.05, 4.69) is 10.5 Å². The summed E-state index contributed by atoms with van der Waals surface area (Å²) in [6.45, 7) is -1.41. The number of nitrogens with one attached hydrogen (secondary N) is 2. The molecule has 0 fully saturated rings. The summed E-state index contributed by atoms with van der Waals surface area (Å²) in [5.74, 6) is 0.517. The summed E-state index contributed by atoms with van der Waals surface area (Å²) in [5.41, 5.74) is 1.23. The average Bonchev–Trinajstić information content (AvgIpc) is 2.92. The molecule has 0 radical (unpaired) electrons. The van der Waals surface area contributed by atoms with E-state index >= 15 is 0 Å². The fourth-order valence-corrected chi connectivity index (χ4v) is 1.55. The molecule has 2 aromatic rings. The van der Waals surface area contributed by atoms with E-state index in [9.17, 15) is 18.0 Å². The van der Waals surface area contributed by atoms with E-state index in [1.54, 1.807) is 11.4 Å². The molecule has 21 heavy (non-hydrogen) atoms. The minimum Gasteiger partial charge on any atom is -0.356 e. The largest absolute Gasteiger partial charge is 0.405 e. The van der Waals surface area contributed by atoms with Gasteiger partial charge in [0.15, 0.2) is 5.76 Å². The Hall–Kier alpha value is -2.51. The lowest BCUT2D eigenvalue weighted by molar-refractivity contribution is -0.122. The van der Waals surface area contributed by atoms with Gasteiger partial charge in [-0.25, -0.2) is 4.79 Å². The molecule has 0 unspecified atom stereocenters. The van der Waals surface area contributed by atoms with Crippen molar-refractivity contribution in [3.05, 3.63) is 42.1 Å². The third-order valence-electron chi connectivity index (χ3n) is 2.50. The van der Waals surface area contributed by atoms with Crippen LogP contribution in [0, 0.1) is 0 Å². The van der Waals surface area contributed by atoms with Crippen molar-refractivity contribution in [2.24, 2.45) is 0 Å². The van der Waals surface area contributed by atoms with Gasteiger partial charge in [0.2, 0.25) is 0 Å². The summed E-state index contributed by atoms with van der Waals surface area (Å²) >= 11 is 0. The van der Waals surface area contributed by atoms with Gasteiger partial charge in [-0.05, 0) is 0 Å². The van der Waals surface area contributed by atoms with Crippen LogP contribution in [-0.4, -0.2) is 23.9 Å². The quantitative estimate of drug-likeness (QED) is 0.912. The topological polar surface area (TPSA) is 67.2 Å². The first kappa shape index (κ1) is 14.9. The van der Waals surface area contributed by atoms with Crippen LogP contribution < -0.4 is 10.6 Å². The molecule has 2 rings (SSSR count). The molecular weight excluding hydrogens is 287 g/mol. The molecule has 112 valence electrons. The van der Waals surface area contributed by atoms with Crippen LogP contribution >= 0.6 is 0 Å². The van der Waals surface area contributed by atoms with Gasteiger partial charge in [-0.3, -0.25) is 0 Å². The number of rotatable bonds is 4. The van der Waals surface area contributed by atoms with Crippen LogP contribution in [0.1, 0.15) is 5.69 Å². The van der Waals surface area contributed by atoms with Crippen LogP contribution in [0.15, 0.2) is 40.9 Å². The maximum Gasteiger partial charge on any atom is 0.405 e. The summed E-state index contributed by atoms with van der Waals surface area (Å²) in [5, 5.41) is 7.70. The van der Waals surface area contributed by atoms with Crippen LogP contribution in [0.2, 0.25) is 0 Å². The lowest BCUT2D eigenvalue weighted by Crippen LogP contribution is -2.40. The molecule has 2 N–H and O–H groups in total. The highest BCUT2D eigenvalue weighted by Crippen LogP contribution is 2.19. The summed E-state index contributed by atoms with van der Waals surface area (Å²) in [6, 6.07) is 9.87. The number of amides is 2. The molecule has 0 aliphatic rings. The van der Waals surface area contributed by atoms with E-state index in [4.69, 9.17) is 4.52 Å². The number of hydrogen-bond acceptors (Lipinski definition) is 3. The molecule has 0 aliphatic carbocycles. The van der Waals surface area contributed by atoms with Gasteiger partial charge < -0.3 is 15.2 Å². The summed E-state index contributed by atoms with van der Waals surface area (Å²) in [7, 11) is 0. The van der Waals surface area contributed by atoms with Gasteiger partial charge in [0.05, 0.1) is 6.54 Å². The maximum absolute atomic E-state index is 11.9. The Bertz CT molecular complexity index is 596. The van der Waals surface area contributed by atoms with Gasteiger partial charge in [0.25, 0.3) is 0 Å². The normalized spacial score (nSPS) is 11.2. The monoisotopic (exact) mass is 299 g/mol. The number of alkyl halides is 3. The van der Waals surface area contributed by atoms with Crippen molar-refractivity contribution in [1.82, 2.24) is 15.8 Å². The van der Waals surface area contributed by atoms with E-state index in [-0.39, 0.29) is 6.54 Å². The molecule has 2 amide bonds. The van der Waals surface area contributed by atoms with Gasteiger partial charge in [0, 0.05) is 11.6 Å². The highest BCUT2D eigenvalue weighted by molar-refractivity contribution is 5.73. The number of aromatic nitrogens is 1. The van der Waals surface area contributed by atoms with Crippen molar-refractivity contribution in [2.75, 3.05) is 6.54 Å². The van der Waals surface area contributed by atoms with Crippen LogP contribution in [0.3, 0.4) is 0 Å². The van der Waals surface area contributed by atoms with Crippen molar-refractivity contribution in [2.45, 2.75) is 12.7 Å². The number of hydrogen-bond donors (Lipinski definition) is 2. The molecule has 8 heteroatoms. The molecule has 1 heterocycles. The van der Waals surface area contributed by atoms with Gasteiger partial charge >= 0.3 is 12.2 Å². The van der Waals surface area contributed by atoms with Crippen molar-refractivity contribution in [1.29, 1.82) is 0 Å². The van der Waals surface area contributed by atoms with E-state index < -0.39 is 18.8 Å². The second-order valence-electron chi connectivity index (χ2n) is 4.20. The van der Waals surface area contributed by atoms with Gasteiger partial charge in [0.1, 0.15) is 12.2 Å². The number of carbonyl (C=O) groups is 1. The zero-order valence-electron chi connectivity index (χ0n) is 10.8. The van der Waals surface area contributed by atoms with Crippen molar-refractivity contribution in [3.63, 3.8) is 0 Å². The van der Waals surface area contributed by atoms with Gasteiger partial charge in [-0.1, -0.05) is 35.5 Å². The lowest BCUT2D eigenvalue weighted by Gasteiger charge is -2.08. The predicted octanol–water partition coefficient (Wildman–Crippen LogP) is 2.70. The second-order valence-corrected chi connectivity index (χ2v) is 4.20. The molecule has 0 atom stereocenters. The maximum atomic E-state index is 11.9. The summed E-state index contributed by atoms with van der Waals surface area (Å²) < 4.78 is 40.8. The minimum absolute atomic E-state index is 0.0278. The number of halogens is 3. The summed E-state index contributed by atoms with van der Waals surface area (Å²) in [6.07, 6.45) is -4.44. The molecular formula is C13H12F3N3O2. The second kappa shape index (κ2) is 6.29. The fourth-order valence-electron chi connectivity index (χ4n) is 1.55. The van der Waals surface area contributed by atoms with Crippen molar-refractivity contribution in [3.8, 4) is 11.3 Å². The zero-order valence-corrected chi connectivity index (χ0v) is 10.8. The molecule has 1 aromatic carbocycles. The first-order valence-corrected chi connectivity index (χ1v) is 6.03. The number of carbonyl (C=O) groups excluding carboxylic acids is 1. The Kier molecular flexibility index (Phi) is 4.46. The Morgan fingerprint density at radius 3 is 2.57 bits per heavy atom. The molecule has 0 aliphatic heterocycles. The van der Waals surface area contributed by atoms with Crippen LogP contribution in [0.4, 0.5) is 18.0 Å². The van der Waals surface area contributed by atoms with Gasteiger partial charge in [-0.15, -0.1) is 0 Å². The molecule has 0 saturated heterocycles. The highest BCUT2D eigenvalue weighted by atomic mass is 19.4. The Morgan fingerprint density at radius 1 is 1.19 bits per heavy atom. The molecule has 0 saturated carbocycles. The summed E-state index contributed by atoms with van der Waals surface area (Å²) in [4.78, 5) is 11.2. The third-order valence-corrected chi connectivity index (χ3v) is 2.50. The SMILES string of the molecule is O=C(NCc1cc(-c2ccccc2)on1)NCC(F)(F)F. The Balaban J connectivity index is 1.85. The van der Waals surface area contributed by atoms with Crippen LogP contribution in [-0.2, 0) is 6.54 Å². The smallest absolute Gasteiger partial charge is 0.356 e. The number of nitrogens with zero attached hydrogens (tertiary/aromatic N) is 1. The van der Waals surface area contributed by atoms with E-state index in [1.165, 1.54) is 0 Å². The van der Waals surface area contributed by atoms with Crippen LogP contribution in [0.5, 0.6) is 0 Å². The molecule has 1 aromatic heterocycles. The van der Waals surface area contributed by atoms with Gasteiger partial charge in [-0.2, -0.15) is 13.2 Å². The highest BCUT2D eigenvalue weighted by Gasteiger charge is 2.27. The van der Waals surface area contributed by atoms with E-state index in [0.29, 0.717) is 11.5 Å². The van der Waals surface area contributed by atoms with Crippen molar-refractivity contribution >= 4 is 6.03 Å². The first-order valence-electron chi connectivity index (χ1n) is 6.03. The zero-order chi connectivity index (χ0) is 15.3. The number of urea groups is 1.